The summed E-state index contributed by atoms with van der Waals surface area (Å²) in [6.45, 7) is 0.850. The van der Waals surface area contributed by atoms with Crippen molar-refractivity contribution in [2.75, 3.05) is 20.3 Å². The summed E-state index contributed by atoms with van der Waals surface area (Å²) in [6.07, 6.45) is 1.95. The second kappa shape index (κ2) is 7.01. The van der Waals surface area contributed by atoms with Gasteiger partial charge in [0.15, 0.2) is 0 Å². The predicted molar refractivity (Wildman–Crippen MR) is 59.6 cm³/mol. The normalized spacial score (nSPS) is 9.93. The lowest BCUT2D eigenvalue weighted by molar-refractivity contribution is -0.124. The second-order valence-corrected chi connectivity index (χ2v) is 3.37. The third-order valence-electron chi connectivity index (χ3n) is 2.08. The molecule has 0 aliphatic rings. The number of hydrogen-bond donors (Lipinski definition) is 1. The van der Waals surface area contributed by atoms with E-state index in [1.807, 2.05) is 18.2 Å². The molecule has 3 nitrogen and oxygen atoms in total. The lowest BCUT2D eigenvalue weighted by atomic mass is 10.1. The Morgan fingerprint density at radius 3 is 2.73 bits per heavy atom. The van der Waals surface area contributed by atoms with Gasteiger partial charge in [-0.2, -0.15) is 0 Å². The SMILES string of the molecule is COCC(=O)NCCCc1ccccc1. The molecule has 1 aromatic rings. The van der Waals surface area contributed by atoms with Crippen LogP contribution in [0, 0.1) is 0 Å². The average Bonchev–Trinajstić information content (AvgIpc) is 2.26. The lowest BCUT2D eigenvalue weighted by Gasteiger charge is -2.04. The molecule has 1 amide bonds. The molecule has 0 bridgehead atoms. The monoisotopic (exact) mass is 207 g/mol. The highest BCUT2D eigenvalue weighted by molar-refractivity contribution is 5.77. The standard InChI is InChI=1S/C12H17NO2/c1-15-10-12(14)13-9-5-8-11-6-3-2-4-7-11/h2-4,6-7H,5,8-10H2,1H3,(H,13,14). The molecular formula is C12H17NO2. The number of rotatable bonds is 6. The van der Waals surface area contributed by atoms with Gasteiger partial charge in [0.05, 0.1) is 0 Å². The molecule has 0 radical (unpaired) electrons. The fourth-order valence-corrected chi connectivity index (χ4v) is 1.35. The van der Waals surface area contributed by atoms with Crippen molar-refractivity contribution in [1.82, 2.24) is 5.32 Å². The maximum Gasteiger partial charge on any atom is 0.245 e. The number of methoxy groups -OCH3 is 1. The molecule has 0 fully saturated rings. The van der Waals surface area contributed by atoms with Crippen molar-refractivity contribution in [2.24, 2.45) is 0 Å². The van der Waals surface area contributed by atoms with E-state index < -0.39 is 0 Å². The van der Waals surface area contributed by atoms with Gasteiger partial charge in [-0.25, -0.2) is 0 Å². The first kappa shape index (κ1) is 11.7. The Balaban J connectivity index is 2.10. The molecule has 1 aromatic carbocycles. The van der Waals surface area contributed by atoms with Crippen LogP contribution in [0.2, 0.25) is 0 Å². The molecule has 0 aliphatic heterocycles. The summed E-state index contributed by atoms with van der Waals surface area (Å²) in [6, 6.07) is 10.2. The summed E-state index contributed by atoms with van der Waals surface area (Å²) >= 11 is 0. The van der Waals surface area contributed by atoms with Crippen LogP contribution in [0.25, 0.3) is 0 Å². The Morgan fingerprint density at radius 1 is 1.33 bits per heavy atom. The van der Waals surface area contributed by atoms with E-state index in [1.165, 1.54) is 12.7 Å². The molecule has 0 unspecified atom stereocenters. The Kier molecular flexibility index (Phi) is 5.48. The minimum atomic E-state index is -0.0504. The van der Waals surface area contributed by atoms with Gasteiger partial charge in [0.25, 0.3) is 0 Å². The number of carbonyl (C=O) groups excluding carboxylic acids is 1. The van der Waals surface area contributed by atoms with E-state index in [0.29, 0.717) is 6.54 Å². The average molecular weight is 207 g/mol. The smallest absolute Gasteiger partial charge is 0.245 e. The number of ether oxygens (including phenoxy) is 1. The van der Waals surface area contributed by atoms with Crippen molar-refractivity contribution in [1.29, 1.82) is 0 Å². The molecular weight excluding hydrogens is 190 g/mol. The zero-order chi connectivity index (χ0) is 10.9. The predicted octanol–water partition coefficient (Wildman–Crippen LogP) is 1.38. The molecule has 1 N–H and O–H groups in total. The fraction of sp³-hybridized carbons (Fsp3) is 0.417. The van der Waals surface area contributed by atoms with Crippen molar-refractivity contribution >= 4 is 5.91 Å². The van der Waals surface area contributed by atoms with Crippen molar-refractivity contribution in [3.8, 4) is 0 Å². The third-order valence-corrected chi connectivity index (χ3v) is 2.08. The van der Waals surface area contributed by atoms with Crippen LogP contribution < -0.4 is 5.32 Å². The molecule has 0 aromatic heterocycles. The minimum Gasteiger partial charge on any atom is -0.375 e. The largest absolute Gasteiger partial charge is 0.375 e. The van der Waals surface area contributed by atoms with Crippen LogP contribution in [0.5, 0.6) is 0 Å². The molecule has 15 heavy (non-hydrogen) atoms. The van der Waals surface area contributed by atoms with E-state index in [-0.39, 0.29) is 12.5 Å². The highest BCUT2D eigenvalue weighted by atomic mass is 16.5. The van der Waals surface area contributed by atoms with Gasteiger partial charge in [-0.05, 0) is 18.4 Å². The van der Waals surface area contributed by atoms with E-state index >= 15 is 0 Å². The van der Waals surface area contributed by atoms with Crippen molar-refractivity contribution in [2.45, 2.75) is 12.8 Å². The molecule has 82 valence electrons. The van der Waals surface area contributed by atoms with E-state index in [1.54, 1.807) is 0 Å². The summed E-state index contributed by atoms with van der Waals surface area (Å²) < 4.78 is 4.71. The molecule has 0 spiro atoms. The first-order valence-electron chi connectivity index (χ1n) is 5.12. The van der Waals surface area contributed by atoms with Crippen LogP contribution in [0.1, 0.15) is 12.0 Å². The van der Waals surface area contributed by atoms with E-state index in [2.05, 4.69) is 17.4 Å². The van der Waals surface area contributed by atoms with Gasteiger partial charge in [-0.15, -0.1) is 0 Å². The zero-order valence-electron chi connectivity index (χ0n) is 9.03. The number of hydrogen-bond acceptors (Lipinski definition) is 2. The van der Waals surface area contributed by atoms with E-state index in [9.17, 15) is 4.79 Å². The Labute approximate surface area is 90.4 Å². The van der Waals surface area contributed by atoms with Crippen LogP contribution in [0.4, 0.5) is 0 Å². The number of nitrogens with one attached hydrogen (secondary N) is 1. The number of amides is 1. The van der Waals surface area contributed by atoms with Crippen molar-refractivity contribution < 1.29 is 9.53 Å². The highest BCUT2D eigenvalue weighted by Crippen LogP contribution is 2.01. The van der Waals surface area contributed by atoms with Gasteiger partial charge in [-0.1, -0.05) is 30.3 Å². The van der Waals surface area contributed by atoms with E-state index in [0.717, 1.165) is 12.8 Å². The molecule has 0 atom stereocenters. The third kappa shape index (κ3) is 5.18. The summed E-state index contributed by atoms with van der Waals surface area (Å²) in [4.78, 5) is 11.0. The van der Waals surface area contributed by atoms with Gasteiger partial charge >= 0.3 is 0 Å². The Bertz CT molecular complexity index is 285. The zero-order valence-corrected chi connectivity index (χ0v) is 9.03. The second-order valence-electron chi connectivity index (χ2n) is 3.37. The first-order chi connectivity index (χ1) is 7.33. The van der Waals surface area contributed by atoms with Gasteiger partial charge < -0.3 is 10.1 Å². The molecule has 0 heterocycles. The number of carbonyl (C=O) groups is 1. The van der Waals surface area contributed by atoms with E-state index in [4.69, 9.17) is 4.74 Å². The van der Waals surface area contributed by atoms with Crippen LogP contribution in [-0.4, -0.2) is 26.2 Å². The maximum atomic E-state index is 11.0. The highest BCUT2D eigenvalue weighted by Gasteiger charge is 1.98. The maximum absolute atomic E-state index is 11.0. The van der Waals surface area contributed by atoms with Gasteiger partial charge in [-0.3, -0.25) is 4.79 Å². The van der Waals surface area contributed by atoms with Crippen LogP contribution in [0.3, 0.4) is 0 Å². The van der Waals surface area contributed by atoms with Gasteiger partial charge in [0.2, 0.25) is 5.91 Å². The van der Waals surface area contributed by atoms with Crippen molar-refractivity contribution in [3.05, 3.63) is 35.9 Å². The quantitative estimate of drug-likeness (QED) is 0.716. The van der Waals surface area contributed by atoms with Gasteiger partial charge in [0.1, 0.15) is 6.61 Å². The number of benzene rings is 1. The molecule has 3 heteroatoms. The summed E-state index contributed by atoms with van der Waals surface area (Å²) in [5.41, 5.74) is 1.30. The Morgan fingerprint density at radius 2 is 2.07 bits per heavy atom. The molecule has 0 saturated heterocycles. The van der Waals surface area contributed by atoms with Crippen LogP contribution in [0.15, 0.2) is 30.3 Å². The Hall–Kier alpha value is -1.35. The fourth-order valence-electron chi connectivity index (χ4n) is 1.35. The molecule has 1 rings (SSSR count). The van der Waals surface area contributed by atoms with Gasteiger partial charge in [0, 0.05) is 13.7 Å². The summed E-state index contributed by atoms with van der Waals surface area (Å²) in [7, 11) is 1.52. The topological polar surface area (TPSA) is 38.3 Å². The summed E-state index contributed by atoms with van der Waals surface area (Å²) in [5, 5.41) is 2.79. The molecule has 0 aliphatic carbocycles. The lowest BCUT2D eigenvalue weighted by Crippen LogP contribution is -2.28. The van der Waals surface area contributed by atoms with Crippen molar-refractivity contribution in [3.63, 3.8) is 0 Å². The molecule has 0 saturated carbocycles. The number of aryl methyl sites for hydroxylation is 1. The summed E-state index contributed by atoms with van der Waals surface area (Å²) in [5.74, 6) is -0.0504. The first-order valence-corrected chi connectivity index (χ1v) is 5.12. The van der Waals surface area contributed by atoms with Crippen LogP contribution >= 0.6 is 0 Å². The van der Waals surface area contributed by atoms with Crippen LogP contribution in [-0.2, 0) is 16.0 Å². The minimum absolute atomic E-state index is 0.0504.